The van der Waals surface area contributed by atoms with Crippen molar-refractivity contribution in [2.24, 2.45) is 23.7 Å². The highest BCUT2D eigenvalue weighted by Crippen LogP contribution is 2.70. The summed E-state index contributed by atoms with van der Waals surface area (Å²) >= 11 is 0. The normalized spacial score (nSPS) is 25.9. The molecular weight excluding hydrogens is 542 g/mol. The minimum Gasteiger partial charge on any atom is -0.309 e. The maximum Gasteiger partial charge on any atom is 0.0622 e. The quantitative estimate of drug-likeness (QED) is 0.193. The molecule has 216 valence electrons. The Kier molecular flexibility index (Phi) is 4.80. The molecule has 1 heterocycles. The van der Waals surface area contributed by atoms with Gasteiger partial charge in [-0.05, 0) is 119 Å². The summed E-state index contributed by atoms with van der Waals surface area (Å²) < 4.78 is 2.62. The molecule has 4 bridgehead atoms. The third-order valence-electron chi connectivity index (χ3n) is 12.5. The van der Waals surface area contributed by atoms with Crippen molar-refractivity contribution in [1.29, 1.82) is 0 Å². The van der Waals surface area contributed by atoms with E-state index < -0.39 is 0 Å². The molecule has 0 radical (unpaired) electrons. The van der Waals surface area contributed by atoms with Crippen LogP contribution in [0.5, 0.6) is 0 Å². The number of aromatic nitrogens is 1. The van der Waals surface area contributed by atoms with Gasteiger partial charge >= 0.3 is 0 Å². The van der Waals surface area contributed by atoms with Gasteiger partial charge in [-0.3, -0.25) is 0 Å². The first-order valence-electron chi connectivity index (χ1n) is 17.0. The van der Waals surface area contributed by atoms with Gasteiger partial charge in [0.15, 0.2) is 0 Å². The van der Waals surface area contributed by atoms with Gasteiger partial charge in [-0.15, -0.1) is 0 Å². The van der Waals surface area contributed by atoms with E-state index in [1.165, 1.54) is 92.6 Å². The summed E-state index contributed by atoms with van der Waals surface area (Å²) in [6.45, 7) is 0. The first-order valence-corrected chi connectivity index (χ1v) is 17.0. The highest BCUT2D eigenvalue weighted by molar-refractivity contribution is 6.18. The second-order valence-electron chi connectivity index (χ2n) is 14.6. The molecular formula is C44H35N. The summed E-state index contributed by atoms with van der Waals surface area (Å²) in [5.41, 5.74) is 12.8. The molecule has 0 aliphatic heterocycles. The summed E-state index contributed by atoms with van der Waals surface area (Å²) in [4.78, 5) is 0. The Morgan fingerprint density at radius 2 is 1.20 bits per heavy atom. The van der Waals surface area contributed by atoms with Gasteiger partial charge in [0.2, 0.25) is 0 Å². The molecule has 0 unspecified atom stereocenters. The van der Waals surface area contributed by atoms with Crippen molar-refractivity contribution < 1.29 is 0 Å². The van der Waals surface area contributed by atoms with Gasteiger partial charge in [-0.2, -0.15) is 0 Å². The summed E-state index contributed by atoms with van der Waals surface area (Å²) in [7, 11) is 0. The zero-order valence-electron chi connectivity index (χ0n) is 25.4. The third kappa shape index (κ3) is 3.14. The Morgan fingerprint density at radius 3 is 2.00 bits per heavy atom. The van der Waals surface area contributed by atoms with E-state index in [1.54, 1.807) is 11.1 Å². The van der Waals surface area contributed by atoms with Crippen LogP contribution in [-0.4, -0.2) is 4.57 Å². The highest BCUT2D eigenvalue weighted by Gasteiger charge is 2.61. The molecule has 1 nitrogen and oxygen atoms in total. The van der Waals surface area contributed by atoms with Crippen LogP contribution in [0, 0.1) is 23.7 Å². The van der Waals surface area contributed by atoms with Crippen molar-refractivity contribution >= 4 is 32.6 Å². The van der Waals surface area contributed by atoms with Gasteiger partial charge in [0.25, 0.3) is 0 Å². The molecule has 1 aromatic heterocycles. The van der Waals surface area contributed by atoms with Gasteiger partial charge < -0.3 is 4.57 Å². The van der Waals surface area contributed by atoms with Crippen LogP contribution in [0.1, 0.15) is 43.2 Å². The minimum atomic E-state index is 0.158. The number of fused-ring (bicyclic) bond motifs is 8. The van der Waals surface area contributed by atoms with Gasteiger partial charge in [-0.1, -0.05) is 103 Å². The molecule has 4 fully saturated rings. The average Bonchev–Trinajstić information content (AvgIpc) is 3.56. The molecule has 4 saturated carbocycles. The van der Waals surface area contributed by atoms with E-state index in [0.29, 0.717) is 0 Å². The molecule has 1 heteroatoms. The van der Waals surface area contributed by atoms with E-state index >= 15 is 0 Å². The summed E-state index contributed by atoms with van der Waals surface area (Å²) in [6.07, 6.45) is 7.12. The lowest BCUT2D eigenvalue weighted by molar-refractivity contribution is -0.0399. The van der Waals surface area contributed by atoms with E-state index in [-0.39, 0.29) is 5.41 Å². The molecule has 5 aliphatic carbocycles. The predicted molar refractivity (Wildman–Crippen MR) is 187 cm³/mol. The van der Waals surface area contributed by atoms with Crippen LogP contribution in [0.15, 0.2) is 127 Å². The Morgan fingerprint density at radius 1 is 0.511 bits per heavy atom. The molecule has 0 N–H and O–H groups in total. The fraction of sp³-hybridized carbons (Fsp3) is 0.227. The summed E-state index contributed by atoms with van der Waals surface area (Å²) in [5, 5.41) is 5.32. The number of rotatable bonds is 2. The van der Waals surface area contributed by atoms with Crippen LogP contribution in [-0.2, 0) is 5.41 Å². The van der Waals surface area contributed by atoms with Crippen LogP contribution in [0.4, 0.5) is 0 Å². The van der Waals surface area contributed by atoms with Gasteiger partial charge in [-0.25, -0.2) is 0 Å². The summed E-state index contributed by atoms with van der Waals surface area (Å²) in [5.74, 6) is 3.40. The van der Waals surface area contributed by atoms with Crippen LogP contribution in [0.3, 0.4) is 0 Å². The topological polar surface area (TPSA) is 4.93 Å². The van der Waals surface area contributed by atoms with E-state index in [2.05, 4.69) is 132 Å². The first kappa shape index (κ1) is 24.7. The monoisotopic (exact) mass is 577 g/mol. The van der Waals surface area contributed by atoms with E-state index in [4.69, 9.17) is 0 Å². The molecule has 1 spiro atoms. The van der Waals surface area contributed by atoms with Crippen molar-refractivity contribution in [3.05, 3.63) is 139 Å². The third-order valence-corrected chi connectivity index (χ3v) is 12.5. The van der Waals surface area contributed by atoms with E-state index in [0.717, 1.165) is 23.7 Å². The Labute approximate surface area is 264 Å². The fourth-order valence-corrected chi connectivity index (χ4v) is 11.1. The van der Waals surface area contributed by atoms with Crippen molar-refractivity contribution in [2.75, 3.05) is 0 Å². The fourth-order valence-electron chi connectivity index (χ4n) is 11.1. The van der Waals surface area contributed by atoms with E-state index in [1.807, 2.05) is 0 Å². The number of benzene rings is 6. The predicted octanol–water partition coefficient (Wildman–Crippen LogP) is 11.3. The summed E-state index contributed by atoms with van der Waals surface area (Å²) in [6, 6.07) is 48.5. The lowest BCUT2D eigenvalue weighted by Gasteiger charge is -2.61. The van der Waals surface area contributed by atoms with Gasteiger partial charge in [0.1, 0.15) is 0 Å². The van der Waals surface area contributed by atoms with Crippen molar-refractivity contribution in [3.63, 3.8) is 0 Å². The maximum atomic E-state index is 2.62. The number of hydrogen-bond acceptors (Lipinski definition) is 0. The van der Waals surface area contributed by atoms with Crippen LogP contribution >= 0.6 is 0 Å². The lowest BCUT2D eigenvalue weighted by Crippen LogP contribution is -2.55. The van der Waals surface area contributed by atoms with E-state index in [9.17, 15) is 0 Å². The Balaban J connectivity index is 1.28. The highest BCUT2D eigenvalue weighted by atomic mass is 15.0. The zero-order chi connectivity index (χ0) is 29.3. The Bertz CT molecular complexity index is 2310. The first-order chi connectivity index (χ1) is 22.3. The SMILES string of the molecule is c1ccc(-c2cccc(-n3c4cc5ccccc5cc4c4ccc5c(c43)-c3ccccc3C53C4CC5CC(C4)CC3C5)c2)cc1. The van der Waals surface area contributed by atoms with Crippen LogP contribution in [0.25, 0.3) is 60.5 Å². The molecule has 0 amide bonds. The molecule has 0 saturated heterocycles. The zero-order valence-corrected chi connectivity index (χ0v) is 25.4. The number of nitrogens with zero attached hydrogens (tertiary/aromatic N) is 1. The van der Waals surface area contributed by atoms with Crippen molar-refractivity contribution in [3.8, 4) is 27.9 Å². The largest absolute Gasteiger partial charge is 0.309 e. The second-order valence-corrected chi connectivity index (χ2v) is 14.6. The van der Waals surface area contributed by atoms with Crippen molar-refractivity contribution in [1.82, 2.24) is 4.57 Å². The molecule has 7 aromatic rings. The van der Waals surface area contributed by atoms with Gasteiger partial charge in [0.05, 0.1) is 11.0 Å². The standard InChI is InChI=1S/C44H35N/c1-2-9-29(10-3-1)30-13-8-14-35(24-30)45-41-26-32-12-5-4-11-31(32)25-38(41)36-17-18-40-42(43(36)45)37-15-6-7-16-39(37)44(40)33-20-27-19-28(22-33)23-34(44)21-27/h1-18,24-28,33-34H,19-23H2. The lowest BCUT2D eigenvalue weighted by atomic mass is 9.43. The molecule has 0 atom stereocenters. The van der Waals surface area contributed by atoms with Gasteiger partial charge in [0, 0.05) is 27.4 Å². The molecule has 6 aromatic carbocycles. The smallest absolute Gasteiger partial charge is 0.0622 e. The number of hydrogen-bond donors (Lipinski definition) is 0. The van der Waals surface area contributed by atoms with Crippen LogP contribution in [0.2, 0.25) is 0 Å². The second kappa shape index (κ2) is 8.76. The average molecular weight is 578 g/mol. The minimum absolute atomic E-state index is 0.158. The maximum absolute atomic E-state index is 2.62. The van der Waals surface area contributed by atoms with Crippen LogP contribution < -0.4 is 0 Å². The Hall–Kier alpha value is -4.62. The molecule has 5 aliphatic rings. The van der Waals surface area contributed by atoms with Crippen molar-refractivity contribution in [2.45, 2.75) is 37.5 Å². The molecule has 45 heavy (non-hydrogen) atoms. The molecule has 12 rings (SSSR count).